The number of nitrogens with two attached hydrogens (primary N) is 1. The van der Waals surface area contributed by atoms with Gasteiger partial charge in [0, 0.05) is 23.2 Å². The molecule has 1 saturated carbocycles. The van der Waals surface area contributed by atoms with E-state index in [2.05, 4.69) is 4.98 Å². The molecule has 5 heteroatoms. The molecule has 1 aromatic carbocycles. The topological polar surface area (TPSA) is 72.1 Å². The van der Waals surface area contributed by atoms with Crippen molar-refractivity contribution in [3.05, 3.63) is 53.9 Å². The van der Waals surface area contributed by atoms with Crippen molar-refractivity contribution in [1.29, 1.82) is 0 Å². The number of para-hydroxylation sites is 1. The average molecular weight is 330 g/mol. The molecule has 25 heavy (non-hydrogen) atoms. The summed E-state index contributed by atoms with van der Waals surface area (Å²) in [6.07, 6.45) is 5.13. The van der Waals surface area contributed by atoms with Gasteiger partial charge in [0.25, 0.3) is 5.91 Å². The number of nitrogens with zero attached hydrogens (tertiary/aromatic N) is 3. The standard InChI is InChI=1S/C20H18N4O/c21-18-14-8-4-7-13(15-9-1-2-10-22-15)19(14)23-16-11-24(12-5-3-6-12)20(25)17(16)18/h1-2,4,7-10,12H,3,5-6,11H2,(H2,21,23). The Morgan fingerprint density at radius 1 is 1.12 bits per heavy atom. The fourth-order valence-electron chi connectivity index (χ4n) is 3.81. The normalized spacial score (nSPS) is 17.0. The Balaban J connectivity index is 1.71. The summed E-state index contributed by atoms with van der Waals surface area (Å²) in [6.45, 7) is 0.565. The molecule has 2 aromatic heterocycles. The Labute approximate surface area is 145 Å². The minimum absolute atomic E-state index is 0.0369. The summed E-state index contributed by atoms with van der Waals surface area (Å²) in [5.74, 6) is 0.0369. The van der Waals surface area contributed by atoms with Crippen LogP contribution in [0.25, 0.3) is 22.2 Å². The molecule has 1 aliphatic carbocycles. The van der Waals surface area contributed by atoms with Crippen LogP contribution in [0.2, 0.25) is 0 Å². The summed E-state index contributed by atoms with van der Waals surface area (Å²) < 4.78 is 0. The second kappa shape index (κ2) is 5.28. The Hall–Kier alpha value is -2.95. The smallest absolute Gasteiger partial charge is 0.258 e. The molecule has 1 aliphatic heterocycles. The van der Waals surface area contributed by atoms with Crippen LogP contribution in [0.4, 0.5) is 5.69 Å². The lowest BCUT2D eigenvalue weighted by Crippen LogP contribution is -2.40. The molecule has 0 radical (unpaired) electrons. The summed E-state index contributed by atoms with van der Waals surface area (Å²) in [4.78, 5) is 24.1. The molecule has 0 bridgehead atoms. The molecule has 1 amide bonds. The fourth-order valence-corrected chi connectivity index (χ4v) is 3.81. The highest BCUT2D eigenvalue weighted by atomic mass is 16.2. The van der Waals surface area contributed by atoms with Crippen molar-refractivity contribution >= 4 is 22.5 Å². The SMILES string of the molecule is Nc1c2c(nc3c(-c4ccccn4)cccc13)CN(C1CCC1)C2=O. The highest BCUT2D eigenvalue weighted by molar-refractivity contribution is 6.11. The van der Waals surface area contributed by atoms with Gasteiger partial charge < -0.3 is 10.6 Å². The number of carbonyl (C=O) groups is 1. The molecule has 2 aliphatic rings. The van der Waals surface area contributed by atoms with Gasteiger partial charge in [-0.1, -0.05) is 24.3 Å². The van der Waals surface area contributed by atoms with E-state index < -0.39 is 0 Å². The minimum Gasteiger partial charge on any atom is -0.397 e. The fraction of sp³-hybridized carbons (Fsp3) is 0.250. The van der Waals surface area contributed by atoms with Crippen LogP contribution in [0.15, 0.2) is 42.6 Å². The van der Waals surface area contributed by atoms with Crippen LogP contribution in [0.3, 0.4) is 0 Å². The van der Waals surface area contributed by atoms with E-state index in [9.17, 15) is 4.79 Å². The van der Waals surface area contributed by atoms with Crippen LogP contribution in [-0.4, -0.2) is 26.8 Å². The van der Waals surface area contributed by atoms with Crippen molar-refractivity contribution in [3.63, 3.8) is 0 Å². The molecule has 124 valence electrons. The zero-order chi connectivity index (χ0) is 17.0. The van der Waals surface area contributed by atoms with Gasteiger partial charge in [-0.05, 0) is 31.4 Å². The Morgan fingerprint density at radius 3 is 2.72 bits per heavy atom. The Morgan fingerprint density at radius 2 is 2.00 bits per heavy atom. The van der Waals surface area contributed by atoms with Gasteiger partial charge in [-0.3, -0.25) is 9.78 Å². The Bertz CT molecular complexity index is 995. The largest absolute Gasteiger partial charge is 0.397 e. The van der Waals surface area contributed by atoms with E-state index >= 15 is 0 Å². The number of nitrogen functional groups attached to an aromatic ring is 1. The van der Waals surface area contributed by atoms with Crippen molar-refractivity contribution in [2.75, 3.05) is 5.73 Å². The van der Waals surface area contributed by atoms with E-state index in [-0.39, 0.29) is 5.91 Å². The quantitative estimate of drug-likeness (QED) is 0.782. The molecule has 1 fully saturated rings. The van der Waals surface area contributed by atoms with Crippen LogP contribution in [-0.2, 0) is 6.54 Å². The summed E-state index contributed by atoms with van der Waals surface area (Å²) in [5.41, 5.74) is 11.0. The van der Waals surface area contributed by atoms with Crippen LogP contribution < -0.4 is 5.73 Å². The first-order chi connectivity index (χ1) is 12.2. The molecule has 3 heterocycles. The zero-order valence-electron chi connectivity index (χ0n) is 13.8. The van der Waals surface area contributed by atoms with Crippen molar-refractivity contribution < 1.29 is 4.79 Å². The van der Waals surface area contributed by atoms with Gasteiger partial charge >= 0.3 is 0 Å². The highest BCUT2D eigenvalue weighted by Gasteiger charge is 2.38. The first kappa shape index (κ1) is 14.4. The number of pyridine rings is 2. The van der Waals surface area contributed by atoms with Crippen molar-refractivity contribution in [2.24, 2.45) is 0 Å². The van der Waals surface area contributed by atoms with Crippen LogP contribution >= 0.6 is 0 Å². The van der Waals surface area contributed by atoms with E-state index in [4.69, 9.17) is 10.7 Å². The lowest BCUT2D eigenvalue weighted by atomic mass is 9.92. The number of anilines is 1. The number of fused-ring (bicyclic) bond motifs is 2. The van der Waals surface area contributed by atoms with Gasteiger partial charge in [-0.25, -0.2) is 4.98 Å². The highest BCUT2D eigenvalue weighted by Crippen LogP contribution is 2.38. The molecule has 0 unspecified atom stereocenters. The van der Waals surface area contributed by atoms with E-state index in [0.29, 0.717) is 23.8 Å². The predicted octanol–water partition coefficient (Wildman–Crippen LogP) is 3.39. The van der Waals surface area contributed by atoms with Crippen molar-refractivity contribution in [2.45, 2.75) is 31.8 Å². The monoisotopic (exact) mass is 330 g/mol. The minimum atomic E-state index is 0.0369. The van der Waals surface area contributed by atoms with Gasteiger partial charge in [-0.2, -0.15) is 0 Å². The second-order valence-electron chi connectivity index (χ2n) is 6.78. The van der Waals surface area contributed by atoms with Crippen molar-refractivity contribution in [3.8, 4) is 11.3 Å². The number of benzene rings is 1. The predicted molar refractivity (Wildman–Crippen MR) is 96.9 cm³/mol. The van der Waals surface area contributed by atoms with E-state index in [1.807, 2.05) is 41.3 Å². The first-order valence-electron chi connectivity index (χ1n) is 8.67. The number of rotatable bonds is 2. The summed E-state index contributed by atoms with van der Waals surface area (Å²) in [7, 11) is 0. The molecule has 0 saturated heterocycles. The maximum Gasteiger partial charge on any atom is 0.258 e. The third-order valence-electron chi connectivity index (χ3n) is 5.38. The van der Waals surface area contributed by atoms with Crippen molar-refractivity contribution in [1.82, 2.24) is 14.9 Å². The van der Waals surface area contributed by atoms with E-state index in [1.54, 1.807) is 6.20 Å². The summed E-state index contributed by atoms with van der Waals surface area (Å²) in [5, 5.41) is 0.825. The third kappa shape index (κ3) is 2.05. The van der Waals surface area contributed by atoms with Gasteiger partial charge in [0.05, 0.1) is 34.7 Å². The summed E-state index contributed by atoms with van der Waals surface area (Å²) in [6, 6.07) is 12.0. The first-order valence-corrected chi connectivity index (χ1v) is 8.67. The maximum atomic E-state index is 12.8. The number of amides is 1. The molecule has 0 atom stereocenters. The van der Waals surface area contributed by atoms with Crippen LogP contribution in [0.1, 0.15) is 35.3 Å². The molecular weight excluding hydrogens is 312 g/mol. The number of carbonyl (C=O) groups excluding carboxylic acids is 1. The van der Waals surface area contributed by atoms with E-state index in [1.165, 1.54) is 6.42 Å². The van der Waals surface area contributed by atoms with Gasteiger partial charge in [-0.15, -0.1) is 0 Å². The Kier molecular flexibility index (Phi) is 3.04. The molecular formula is C20H18N4O. The van der Waals surface area contributed by atoms with E-state index in [0.717, 1.165) is 40.7 Å². The molecule has 5 rings (SSSR count). The molecule has 2 N–H and O–H groups in total. The lowest BCUT2D eigenvalue weighted by Gasteiger charge is -2.34. The summed E-state index contributed by atoms with van der Waals surface area (Å²) >= 11 is 0. The zero-order valence-corrected chi connectivity index (χ0v) is 13.8. The second-order valence-corrected chi connectivity index (χ2v) is 6.78. The number of aromatic nitrogens is 2. The molecule has 5 nitrogen and oxygen atoms in total. The molecule has 0 spiro atoms. The third-order valence-corrected chi connectivity index (χ3v) is 5.38. The molecule has 3 aromatic rings. The maximum absolute atomic E-state index is 12.8. The van der Waals surface area contributed by atoms with Crippen LogP contribution in [0, 0.1) is 0 Å². The van der Waals surface area contributed by atoms with Gasteiger partial charge in [0.2, 0.25) is 0 Å². The van der Waals surface area contributed by atoms with Crippen LogP contribution in [0.5, 0.6) is 0 Å². The number of hydrogen-bond donors (Lipinski definition) is 1. The average Bonchev–Trinajstić information content (AvgIpc) is 2.91. The van der Waals surface area contributed by atoms with Gasteiger partial charge in [0.1, 0.15) is 0 Å². The lowest BCUT2D eigenvalue weighted by molar-refractivity contribution is 0.0606. The van der Waals surface area contributed by atoms with Gasteiger partial charge in [0.15, 0.2) is 0 Å². The number of hydrogen-bond acceptors (Lipinski definition) is 4.